The van der Waals surface area contributed by atoms with Crippen LogP contribution in [-0.2, 0) is 16.1 Å². The molecule has 0 aliphatic carbocycles. The number of hydrogen-bond acceptors (Lipinski definition) is 8. The van der Waals surface area contributed by atoms with Crippen molar-refractivity contribution < 1.29 is 18.8 Å². The second-order valence-corrected chi connectivity index (χ2v) is 12.1. The Morgan fingerprint density at radius 1 is 1.11 bits per heavy atom. The minimum atomic E-state index is -1.39. The molecule has 0 saturated carbocycles. The van der Waals surface area contributed by atoms with Crippen LogP contribution >= 0.6 is 22.9 Å². The number of thiazole rings is 1. The summed E-state index contributed by atoms with van der Waals surface area (Å²) >= 11 is 7.92. The van der Waals surface area contributed by atoms with E-state index in [2.05, 4.69) is 25.6 Å². The van der Waals surface area contributed by atoms with Gasteiger partial charge in [0.2, 0.25) is 11.8 Å². The fourth-order valence-corrected chi connectivity index (χ4v) is 6.44. The van der Waals surface area contributed by atoms with E-state index in [-0.39, 0.29) is 25.2 Å². The molecule has 1 aliphatic heterocycles. The number of likely N-dealkylation sites (tertiary alicyclic amines) is 1. The van der Waals surface area contributed by atoms with Crippen molar-refractivity contribution in [1.82, 2.24) is 29.9 Å². The van der Waals surface area contributed by atoms with Gasteiger partial charge in [-0.25, -0.2) is 9.37 Å². The van der Waals surface area contributed by atoms with Crippen LogP contribution in [0.2, 0.25) is 5.02 Å². The molecule has 6 rings (SSSR count). The first-order valence-corrected chi connectivity index (χ1v) is 14.8. The molecule has 0 spiro atoms. The molecule has 3 aromatic heterocycles. The van der Waals surface area contributed by atoms with Crippen molar-refractivity contribution in [3.8, 4) is 21.7 Å². The number of rotatable bonds is 7. The molecule has 0 radical (unpaired) electrons. The molecule has 0 bridgehead atoms. The standard InChI is InChI=1S/C30H26ClFN8O3S/c1-15-16(2)44-30(36-15)21-11-20(4-5-23(21)31)37-29(43)25-10-19(32)13-39(25)26(41)14-40-24-6-3-17(18-7-8-34-35-12-18)9-22(24)27(38-40)28(33)42/h3-9,11-12,19,25H,10,13-14H2,1-2H3,(H2,33,42)(H,37,43). The van der Waals surface area contributed by atoms with Crippen LogP contribution in [0.1, 0.15) is 27.5 Å². The highest BCUT2D eigenvalue weighted by Crippen LogP contribution is 2.35. The van der Waals surface area contributed by atoms with Crippen molar-refractivity contribution in [3.05, 3.63) is 76.1 Å². The van der Waals surface area contributed by atoms with E-state index in [0.29, 0.717) is 32.2 Å². The van der Waals surface area contributed by atoms with Gasteiger partial charge in [0.25, 0.3) is 5.91 Å². The first kappa shape index (κ1) is 29.3. The molecule has 44 heavy (non-hydrogen) atoms. The predicted molar refractivity (Wildman–Crippen MR) is 165 cm³/mol. The Balaban J connectivity index is 1.23. The van der Waals surface area contributed by atoms with E-state index in [1.54, 1.807) is 54.9 Å². The van der Waals surface area contributed by atoms with Crippen LogP contribution in [0, 0.1) is 13.8 Å². The number of primary amides is 1. The van der Waals surface area contributed by atoms with Crippen molar-refractivity contribution in [2.45, 2.75) is 39.0 Å². The van der Waals surface area contributed by atoms with Crippen molar-refractivity contribution >= 4 is 57.2 Å². The highest BCUT2D eigenvalue weighted by atomic mass is 35.5. The summed E-state index contributed by atoms with van der Waals surface area (Å²) < 4.78 is 16.0. The minimum Gasteiger partial charge on any atom is -0.364 e. The molecule has 2 unspecified atom stereocenters. The minimum absolute atomic E-state index is 0.0140. The number of nitrogens with zero attached hydrogens (tertiary/aromatic N) is 6. The normalized spacial score (nSPS) is 16.4. The molecule has 4 heterocycles. The zero-order valence-electron chi connectivity index (χ0n) is 23.6. The fraction of sp³-hybridized carbons (Fsp3) is 0.233. The summed E-state index contributed by atoms with van der Waals surface area (Å²) in [6.45, 7) is 3.30. The number of halogens is 2. The van der Waals surface area contributed by atoms with E-state index in [4.69, 9.17) is 17.3 Å². The number of nitrogens with one attached hydrogen (secondary N) is 1. The third kappa shape index (κ3) is 5.63. The lowest BCUT2D eigenvalue weighted by Crippen LogP contribution is -2.44. The van der Waals surface area contributed by atoms with Gasteiger partial charge in [0, 0.05) is 33.5 Å². The average molecular weight is 633 g/mol. The van der Waals surface area contributed by atoms with Crippen LogP contribution in [0.25, 0.3) is 32.6 Å². The number of carbonyl (C=O) groups is 3. The molecule has 2 atom stereocenters. The molecule has 14 heteroatoms. The van der Waals surface area contributed by atoms with Crippen molar-refractivity contribution in [2.24, 2.45) is 5.73 Å². The van der Waals surface area contributed by atoms with Crippen molar-refractivity contribution in [1.29, 1.82) is 0 Å². The Hall–Kier alpha value is -4.75. The van der Waals surface area contributed by atoms with Gasteiger partial charge in [-0.1, -0.05) is 17.7 Å². The molecule has 3 N–H and O–H groups in total. The van der Waals surface area contributed by atoms with Crippen LogP contribution in [-0.4, -0.2) is 66.3 Å². The summed E-state index contributed by atoms with van der Waals surface area (Å²) in [4.78, 5) is 46.0. The molecule has 224 valence electrons. The molecule has 1 aliphatic rings. The summed E-state index contributed by atoms with van der Waals surface area (Å²) in [7, 11) is 0. The summed E-state index contributed by atoms with van der Waals surface area (Å²) in [6, 6.07) is 11.0. The molecule has 1 fully saturated rings. The summed E-state index contributed by atoms with van der Waals surface area (Å²) in [5, 5.41) is 16.4. The Labute approximate surface area is 259 Å². The lowest BCUT2D eigenvalue weighted by molar-refractivity contribution is -0.137. The largest absolute Gasteiger partial charge is 0.364 e. The van der Waals surface area contributed by atoms with Gasteiger partial charge in [-0.3, -0.25) is 19.1 Å². The highest BCUT2D eigenvalue weighted by molar-refractivity contribution is 7.15. The number of aromatic nitrogens is 5. The summed E-state index contributed by atoms with van der Waals surface area (Å²) in [6.07, 6.45) is 1.59. The molecular formula is C30H26ClFN8O3S. The van der Waals surface area contributed by atoms with Gasteiger partial charge in [-0.05, 0) is 55.8 Å². The number of benzene rings is 2. The molecule has 5 aromatic rings. The first-order valence-electron chi connectivity index (χ1n) is 13.6. The Kier molecular flexibility index (Phi) is 7.82. The maximum atomic E-state index is 14.7. The third-order valence-electron chi connectivity index (χ3n) is 7.55. The van der Waals surface area contributed by atoms with Gasteiger partial charge in [-0.15, -0.1) is 11.3 Å². The Morgan fingerprint density at radius 2 is 1.93 bits per heavy atom. The predicted octanol–water partition coefficient (Wildman–Crippen LogP) is 4.56. The number of hydrogen-bond donors (Lipinski definition) is 2. The Morgan fingerprint density at radius 3 is 2.64 bits per heavy atom. The van der Waals surface area contributed by atoms with Gasteiger partial charge in [0.05, 0.1) is 35.2 Å². The zero-order valence-corrected chi connectivity index (χ0v) is 25.2. The lowest BCUT2D eigenvalue weighted by atomic mass is 10.0. The van der Waals surface area contributed by atoms with Crippen LogP contribution in [0.5, 0.6) is 0 Å². The van der Waals surface area contributed by atoms with Crippen LogP contribution in [0.4, 0.5) is 10.1 Å². The van der Waals surface area contributed by atoms with Crippen LogP contribution < -0.4 is 11.1 Å². The number of anilines is 1. The quantitative estimate of drug-likeness (QED) is 0.267. The number of alkyl halides is 1. The third-order valence-corrected chi connectivity index (χ3v) is 8.99. The number of carbonyl (C=O) groups excluding carboxylic acids is 3. The lowest BCUT2D eigenvalue weighted by Gasteiger charge is -2.24. The second-order valence-electron chi connectivity index (χ2n) is 10.5. The smallest absolute Gasteiger partial charge is 0.269 e. The van der Waals surface area contributed by atoms with E-state index in [0.717, 1.165) is 21.7 Å². The number of aryl methyl sites for hydroxylation is 2. The molecule has 11 nitrogen and oxygen atoms in total. The van der Waals surface area contributed by atoms with Crippen molar-refractivity contribution in [2.75, 3.05) is 11.9 Å². The SMILES string of the molecule is Cc1nc(-c2cc(NC(=O)C3CC(F)CN3C(=O)Cn3nc(C(N)=O)c4cc(-c5ccnnc5)ccc43)ccc2Cl)sc1C. The van der Waals surface area contributed by atoms with E-state index >= 15 is 0 Å². The van der Waals surface area contributed by atoms with Gasteiger partial charge in [-0.2, -0.15) is 15.3 Å². The highest BCUT2D eigenvalue weighted by Gasteiger charge is 2.40. The zero-order chi connectivity index (χ0) is 31.1. The molecular weight excluding hydrogens is 607 g/mol. The fourth-order valence-electron chi connectivity index (χ4n) is 5.23. The molecule has 2 aromatic carbocycles. The number of amides is 3. The van der Waals surface area contributed by atoms with Gasteiger partial charge < -0.3 is 16.0 Å². The molecule has 1 saturated heterocycles. The number of nitrogens with two attached hydrogens (primary N) is 1. The average Bonchev–Trinajstić information content (AvgIpc) is 3.68. The van der Waals surface area contributed by atoms with E-state index < -0.39 is 29.9 Å². The van der Waals surface area contributed by atoms with E-state index in [1.807, 2.05) is 13.8 Å². The van der Waals surface area contributed by atoms with Crippen molar-refractivity contribution in [3.63, 3.8) is 0 Å². The number of fused-ring (bicyclic) bond motifs is 1. The maximum absolute atomic E-state index is 14.7. The van der Waals surface area contributed by atoms with Crippen LogP contribution in [0.15, 0.2) is 54.9 Å². The second kappa shape index (κ2) is 11.7. The van der Waals surface area contributed by atoms with Gasteiger partial charge >= 0.3 is 0 Å². The van der Waals surface area contributed by atoms with E-state index in [1.165, 1.54) is 20.9 Å². The molecule has 3 amide bonds. The van der Waals surface area contributed by atoms with Gasteiger partial charge in [0.15, 0.2) is 5.69 Å². The first-order chi connectivity index (χ1) is 21.1. The monoisotopic (exact) mass is 632 g/mol. The topological polar surface area (TPSA) is 149 Å². The van der Waals surface area contributed by atoms with Crippen LogP contribution in [0.3, 0.4) is 0 Å². The van der Waals surface area contributed by atoms with E-state index in [9.17, 15) is 18.8 Å². The van der Waals surface area contributed by atoms with Gasteiger partial charge in [0.1, 0.15) is 23.8 Å². The summed E-state index contributed by atoms with van der Waals surface area (Å²) in [5.74, 6) is -1.82. The summed E-state index contributed by atoms with van der Waals surface area (Å²) in [5.41, 5.74) is 9.59. The maximum Gasteiger partial charge on any atom is 0.269 e. The Bertz CT molecular complexity index is 1910.